The third-order valence-electron chi connectivity index (χ3n) is 14.8. The van der Waals surface area contributed by atoms with Gasteiger partial charge in [0, 0.05) is 6.42 Å². The van der Waals surface area contributed by atoms with Crippen LogP contribution in [0, 0.1) is 0 Å². The predicted molar refractivity (Wildman–Crippen MR) is 318 cm³/mol. The predicted octanol–water partition coefficient (Wildman–Crippen LogP) is 11.3. The van der Waals surface area contributed by atoms with E-state index < -0.39 is 86.8 Å². The van der Waals surface area contributed by atoms with Crippen molar-refractivity contribution < 1.29 is 64.6 Å². The van der Waals surface area contributed by atoms with Crippen LogP contribution in [0.25, 0.3) is 0 Å². The van der Waals surface area contributed by atoms with Gasteiger partial charge < -0.3 is 65.1 Å². The van der Waals surface area contributed by atoms with Crippen molar-refractivity contribution in [3.8, 4) is 0 Å². The number of aliphatic hydroxyl groups is 8. The van der Waals surface area contributed by atoms with Crippen LogP contribution in [-0.2, 0) is 23.7 Å². The summed E-state index contributed by atoms with van der Waals surface area (Å²) in [6.07, 6.45) is 50.4. The number of hydrogen-bond acceptors (Lipinski definition) is 13. The molecule has 12 unspecified atom stereocenters. The summed E-state index contributed by atoms with van der Waals surface area (Å²) in [7, 11) is 0. The monoisotopic (exact) mass is 1120 g/mol. The van der Waals surface area contributed by atoms with Crippen LogP contribution < -0.4 is 5.32 Å². The zero-order valence-electron chi connectivity index (χ0n) is 49.1. The molecule has 79 heavy (non-hydrogen) atoms. The van der Waals surface area contributed by atoms with E-state index >= 15 is 0 Å². The summed E-state index contributed by atoms with van der Waals surface area (Å²) < 4.78 is 22.8. The van der Waals surface area contributed by atoms with E-state index in [1.807, 2.05) is 6.08 Å². The number of rotatable bonds is 49. The van der Waals surface area contributed by atoms with Gasteiger partial charge >= 0.3 is 0 Å². The molecule has 0 bridgehead atoms. The van der Waals surface area contributed by atoms with Crippen LogP contribution in [0.15, 0.2) is 85.1 Å². The number of unbranched alkanes of at least 4 members (excludes halogenated alkanes) is 24. The van der Waals surface area contributed by atoms with Crippen LogP contribution in [0.5, 0.6) is 0 Å². The molecule has 2 fully saturated rings. The Morgan fingerprint density at radius 3 is 1.34 bits per heavy atom. The number of hydrogen-bond donors (Lipinski definition) is 9. The van der Waals surface area contributed by atoms with Gasteiger partial charge in [0.2, 0.25) is 5.91 Å². The van der Waals surface area contributed by atoms with E-state index in [-0.39, 0.29) is 18.9 Å². The molecule has 0 aromatic rings. The fourth-order valence-electron chi connectivity index (χ4n) is 9.82. The van der Waals surface area contributed by atoms with Gasteiger partial charge in [-0.2, -0.15) is 0 Å². The van der Waals surface area contributed by atoms with Gasteiger partial charge in [-0.1, -0.05) is 234 Å². The molecule has 0 radical (unpaired) electrons. The van der Waals surface area contributed by atoms with E-state index in [0.29, 0.717) is 6.42 Å². The van der Waals surface area contributed by atoms with Crippen molar-refractivity contribution in [2.45, 2.75) is 299 Å². The summed E-state index contributed by atoms with van der Waals surface area (Å²) in [6, 6.07) is -0.929. The molecule has 0 saturated carbocycles. The first-order valence-electron chi connectivity index (χ1n) is 31.3. The van der Waals surface area contributed by atoms with Crippen molar-refractivity contribution >= 4 is 5.91 Å². The molecule has 14 nitrogen and oxygen atoms in total. The first-order valence-corrected chi connectivity index (χ1v) is 31.3. The number of ether oxygens (including phenoxy) is 4. The number of nitrogens with one attached hydrogen (secondary N) is 1. The molecule has 2 aliphatic rings. The fourth-order valence-corrected chi connectivity index (χ4v) is 9.82. The Balaban J connectivity index is 1.76. The number of amides is 1. The summed E-state index contributed by atoms with van der Waals surface area (Å²) in [5, 5.41) is 87.2. The summed E-state index contributed by atoms with van der Waals surface area (Å²) in [5.41, 5.74) is 0. The van der Waals surface area contributed by atoms with Crippen LogP contribution in [0.1, 0.15) is 226 Å². The van der Waals surface area contributed by atoms with Crippen molar-refractivity contribution in [3.05, 3.63) is 85.1 Å². The third kappa shape index (κ3) is 35.0. The Bertz CT molecular complexity index is 1650. The minimum Gasteiger partial charge on any atom is -0.394 e. The third-order valence-corrected chi connectivity index (χ3v) is 14.8. The van der Waals surface area contributed by atoms with Gasteiger partial charge in [0.1, 0.15) is 48.8 Å². The summed E-state index contributed by atoms with van der Waals surface area (Å²) in [6.45, 7) is 2.68. The maximum absolute atomic E-state index is 13.3. The Hall–Kier alpha value is -2.83. The molecule has 2 rings (SSSR count). The van der Waals surface area contributed by atoms with E-state index in [1.54, 1.807) is 6.08 Å². The summed E-state index contributed by atoms with van der Waals surface area (Å²) >= 11 is 0. The first-order chi connectivity index (χ1) is 38.6. The maximum Gasteiger partial charge on any atom is 0.220 e. The van der Waals surface area contributed by atoms with E-state index in [2.05, 4.69) is 92.1 Å². The minimum atomic E-state index is -1.79. The molecule has 456 valence electrons. The van der Waals surface area contributed by atoms with Gasteiger partial charge in [0.15, 0.2) is 12.6 Å². The number of allylic oxidation sites excluding steroid dienone is 13. The van der Waals surface area contributed by atoms with E-state index in [9.17, 15) is 45.6 Å². The van der Waals surface area contributed by atoms with Crippen molar-refractivity contribution in [1.29, 1.82) is 0 Å². The normalized spacial score (nSPS) is 25.0. The Labute approximate surface area is 478 Å². The lowest BCUT2D eigenvalue weighted by molar-refractivity contribution is -0.359. The first kappa shape index (κ1) is 72.3. The highest BCUT2D eigenvalue weighted by Crippen LogP contribution is 2.30. The largest absolute Gasteiger partial charge is 0.394 e. The summed E-state index contributed by atoms with van der Waals surface area (Å²) in [4.78, 5) is 13.3. The van der Waals surface area contributed by atoms with Crippen LogP contribution >= 0.6 is 0 Å². The molecule has 2 heterocycles. The highest BCUT2D eigenvalue weighted by atomic mass is 16.7. The van der Waals surface area contributed by atoms with Crippen LogP contribution in [0.3, 0.4) is 0 Å². The average Bonchev–Trinajstić information content (AvgIpc) is 3.47. The van der Waals surface area contributed by atoms with Crippen LogP contribution in [-0.4, -0.2) is 140 Å². The Morgan fingerprint density at radius 1 is 0.468 bits per heavy atom. The zero-order valence-corrected chi connectivity index (χ0v) is 49.1. The number of carbonyl (C=O) groups excluding carboxylic acids is 1. The molecule has 2 saturated heterocycles. The lowest BCUT2D eigenvalue weighted by atomic mass is 9.97. The minimum absolute atomic E-state index is 0.256. The molecule has 9 N–H and O–H groups in total. The fraction of sp³-hybridized carbons (Fsp3) is 0.769. The SMILES string of the molecule is CC/C=C\C/C=C\C/C=C\C/C=C\C/C=C\C/C=C\CCCCCCCCC(=O)NC(COC1OC(CO)C(OC2OC(CO)C(O)C(O)C2O)C(O)C1O)C(O)/C=C/CCCCCCCCCCCCCCCCCCCC. The quantitative estimate of drug-likeness (QED) is 0.0204. The van der Waals surface area contributed by atoms with E-state index in [4.69, 9.17) is 18.9 Å². The van der Waals surface area contributed by atoms with Crippen molar-refractivity contribution in [2.75, 3.05) is 19.8 Å². The molecule has 0 spiro atoms. The molecule has 14 heteroatoms. The number of aliphatic hydroxyl groups excluding tert-OH is 8. The van der Waals surface area contributed by atoms with Gasteiger partial charge in [0.05, 0.1) is 32.0 Å². The summed E-state index contributed by atoms with van der Waals surface area (Å²) in [5.74, 6) is -0.256. The molecule has 0 aromatic carbocycles. The second-order valence-corrected chi connectivity index (χ2v) is 21.8. The highest BCUT2D eigenvalue weighted by molar-refractivity contribution is 5.76. The standard InChI is InChI=1S/C65H113NO13/c1-3-5-7-9-11-13-15-17-19-21-23-25-26-27-28-29-31-33-35-37-39-41-43-45-47-49-57(70)66-53(54(69)48-46-44-42-40-38-36-34-32-30-24-22-20-18-16-14-12-10-8-6-4-2)52-76-64-62(75)60(73)63(56(51-68)78-64)79-65-61(74)59(72)58(71)55(50-67)77-65/h5,7,11,13,17,19,23,25,27-28,31,33,46,48,53-56,58-65,67-69,71-75H,3-4,6,8-10,12,14-16,18,20-22,24,26,29-30,32,34-45,47,49-52H2,1-2H3,(H,66,70)/b7-5-,13-11-,19-17-,25-23-,28-27-,33-31-,48-46+. The Morgan fingerprint density at radius 2 is 0.873 bits per heavy atom. The van der Waals surface area contributed by atoms with Gasteiger partial charge in [-0.3, -0.25) is 4.79 Å². The molecule has 1 amide bonds. The van der Waals surface area contributed by atoms with Gasteiger partial charge in [0.25, 0.3) is 0 Å². The van der Waals surface area contributed by atoms with Crippen molar-refractivity contribution in [3.63, 3.8) is 0 Å². The smallest absolute Gasteiger partial charge is 0.220 e. The van der Waals surface area contributed by atoms with E-state index in [1.165, 1.54) is 103 Å². The maximum atomic E-state index is 13.3. The van der Waals surface area contributed by atoms with Crippen LogP contribution in [0.2, 0.25) is 0 Å². The lowest BCUT2D eigenvalue weighted by Gasteiger charge is -2.46. The molecule has 0 aliphatic carbocycles. The molecule has 2 aliphatic heterocycles. The number of carbonyl (C=O) groups is 1. The Kier molecular flexibility index (Phi) is 45.5. The molecular weight excluding hydrogens is 1000 g/mol. The highest BCUT2D eigenvalue weighted by Gasteiger charge is 2.51. The second kappa shape index (κ2) is 49.8. The molecule has 0 aromatic heterocycles. The molecular formula is C65H113NO13. The van der Waals surface area contributed by atoms with Gasteiger partial charge in [-0.15, -0.1) is 0 Å². The van der Waals surface area contributed by atoms with Gasteiger partial charge in [-0.25, -0.2) is 0 Å². The van der Waals surface area contributed by atoms with Crippen molar-refractivity contribution in [1.82, 2.24) is 5.32 Å². The molecule has 12 atom stereocenters. The van der Waals surface area contributed by atoms with E-state index in [0.717, 1.165) is 96.3 Å². The second-order valence-electron chi connectivity index (χ2n) is 21.8. The zero-order chi connectivity index (χ0) is 57.4. The van der Waals surface area contributed by atoms with Gasteiger partial charge in [-0.05, 0) is 70.6 Å². The topological polar surface area (TPSA) is 228 Å². The lowest BCUT2D eigenvalue weighted by Crippen LogP contribution is -2.65. The van der Waals surface area contributed by atoms with Crippen molar-refractivity contribution in [2.24, 2.45) is 0 Å². The van der Waals surface area contributed by atoms with Crippen LogP contribution in [0.4, 0.5) is 0 Å². The average molecular weight is 1120 g/mol.